The number of nitrogens with zero attached hydrogens (tertiary/aromatic N) is 5. The number of hydrogen-bond donors (Lipinski definition) is 3. The van der Waals surface area contributed by atoms with Gasteiger partial charge in [0.25, 0.3) is 5.91 Å². The monoisotopic (exact) mass is 555 g/mol. The van der Waals surface area contributed by atoms with Crippen LogP contribution in [0.5, 0.6) is 5.75 Å². The lowest BCUT2D eigenvalue weighted by atomic mass is 10.1. The van der Waals surface area contributed by atoms with Crippen molar-refractivity contribution in [1.82, 2.24) is 30.0 Å². The van der Waals surface area contributed by atoms with Gasteiger partial charge >= 0.3 is 12.5 Å². The van der Waals surface area contributed by atoms with Crippen LogP contribution in [-0.2, 0) is 6.54 Å². The summed E-state index contributed by atoms with van der Waals surface area (Å²) in [5.41, 5.74) is 8.34. The maximum Gasteiger partial charge on any atom is 0.573 e. The number of benzene rings is 2. The first kappa shape index (κ1) is 26.7. The van der Waals surface area contributed by atoms with Crippen LogP contribution in [0.15, 0.2) is 54.9 Å². The number of alkyl halides is 3. The van der Waals surface area contributed by atoms with E-state index in [2.05, 4.69) is 20.0 Å². The number of nitrogens with two attached hydrogens (primary N) is 1. The van der Waals surface area contributed by atoms with Gasteiger partial charge in [-0.05, 0) is 30.5 Å². The highest BCUT2D eigenvalue weighted by Crippen LogP contribution is 2.34. The number of nitrogens with one attached hydrogen (secondary N) is 1. The van der Waals surface area contributed by atoms with Gasteiger partial charge in [-0.1, -0.05) is 36.4 Å². The van der Waals surface area contributed by atoms with Crippen molar-refractivity contribution >= 4 is 28.9 Å². The number of nitrogen functional groups attached to an aromatic ring is 1. The molecule has 2 aromatic carbocycles. The van der Waals surface area contributed by atoms with E-state index in [1.54, 1.807) is 28.9 Å². The highest BCUT2D eigenvalue weighted by atomic mass is 19.4. The Labute approximate surface area is 225 Å². The molecule has 2 aromatic heterocycles. The minimum absolute atomic E-state index is 0.0486. The van der Waals surface area contributed by atoms with Crippen molar-refractivity contribution in [3.63, 3.8) is 0 Å². The Hall–Kier alpha value is -4.88. The van der Waals surface area contributed by atoms with Gasteiger partial charge in [0.1, 0.15) is 23.6 Å². The first-order valence-corrected chi connectivity index (χ1v) is 12.3. The first-order valence-electron chi connectivity index (χ1n) is 12.3. The molecule has 1 fully saturated rings. The number of carboxylic acid groups (broad SMARTS) is 1. The molecule has 40 heavy (non-hydrogen) atoms. The van der Waals surface area contributed by atoms with Crippen LogP contribution in [0, 0.1) is 0 Å². The predicted molar refractivity (Wildman–Crippen MR) is 137 cm³/mol. The largest absolute Gasteiger partial charge is 0.573 e. The highest BCUT2D eigenvalue weighted by Gasteiger charge is 2.33. The maximum absolute atomic E-state index is 12.7. The summed E-state index contributed by atoms with van der Waals surface area (Å²) in [7, 11) is 0. The molecule has 3 heterocycles. The van der Waals surface area contributed by atoms with Crippen molar-refractivity contribution in [3.8, 4) is 17.0 Å². The molecule has 0 spiro atoms. The van der Waals surface area contributed by atoms with Gasteiger partial charge in [-0.25, -0.2) is 19.4 Å². The highest BCUT2D eigenvalue weighted by molar-refractivity contribution is 5.98. The van der Waals surface area contributed by atoms with Crippen molar-refractivity contribution in [2.24, 2.45) is 0 Å². The fraction of sp³-hybridized carbons (Fsp3) is 0.269. The molecule has 11 nitrogen and oxygen atoms in total. The minimum atomic E-state index is -4.93. The first-order chi connectivity index (χ1) is 19.1. The fourth-order valence-corrected chi connectivity index (χ4v) is 4.71. The van der Waals surface area contributed by atoms with E-state index in [4.69, 9.17) is 10.8 Å². The van der Waals surface area contributed by atoms with Crippen LogP contribution < -0.4 is 15.8 Å². The number of para-hydroxylation sites is 1. The van der Waals surface area contributed by atoms with Gasteiger partial charge in [0.2, 0.25) is 0 Å². The summed E-state index contributed by atoms with van der Waals surface area (Å²) in [5, 5.41) is 17.3. The van der Waals surface area contributed by atoms with E-state index >= 15 is 0 Å². The van der Waals surface area contributed by atoms with E-state index in [9.17, 15) is 27.9 Å². The van der Waals surface area contributed by atoms with Crippen molar-refractivity contribution in [2.75, 3.05) is 18.8 Å². The second-order valence-electron chi connectivity index (χ2n) is 9.20. The lowest BCUT2D eigenvalue weighted by molar-refractivity contribution is -0.274. The van der Waals surface area contributed by atoms with Crippen LogP contribution in [0.3, 0.4) is 0 Å². The van der Waals surface area contributed by atoms with E-state index in [1.165, 1.54) is 29.4 Å². The molecule has 0 aliphatic carbocycles. The molecule has 0 radical (unpaired) electrons. The molecule has 2 amide bonds. The molecular weight excluding hydrogens is 531 g/mol. The normalized spacial score (nSPS) is 15.7. The Morgan fingerprint density at radius 2 is 1.88 bits per heavy atom. The van der Waals surface area contributed by atoms with Crippen LogP contribution >= 0.6 is 0 Å². The van der Waals surface area contributed by atoms with Gasteiger partial charge in [0.15, 0.2) is 5.65 Å². The zero-order valence-electron chi connectivity index (χ0n) is 20.9. The summed E-state index contributed by atoms with van der Waals surface area (Å²) in [6.07, 6.45) is -3.18. The Morgan fingerprint density at radius 1 is 1.12 bits per heavy atom. The second-order valence-corrected chi connectivity index (χ2v) is 9.20. The molecule has 14 heteroatoms. The van der Waals surface area contributed by atoms with Crippen LogP contribution in [0.1, 0.15) is 34.8 Å². The molecule has 4 N–H and O–H groups in total. The standard InChI is InChI=1S/C26H24F3N7O4/c27-26(28,29)40-19-6-2-1-5-18(19)24(37)31-12-15-7-9-16(10-8-15)21-20-22(30)32-14-33-23(20)36(34-21)17-4-3-11-35(13-17)25(38)39/h1-2,5-10,14,17H,3-4,11-13H2,(H,31,37)(H,38,39)(H2,30,32,33)/t17-/m1/s1. The molecule has 1 saturated heterocycles. The Balaban J connectivity index is 1.36. The third-order valence-electron chi connectivity index (χ3n) is 6.57. The molecule has 1 aliphatic rings. The third-order valence-corrected chi connectivity index (χ3v) is 6.57. The average molecular weight is 556 g/mol. The molecule has 4 aromatic rings. The van der Waals surface area contributed by atoms with E-state index in [0.29, 0.717) is 40.8 Å². The number of carbonyl (C=O) groups is 2. The summed E-state index contributed by atoms with van der Waals surface area (Å²) >= 11 is 0. The molecule has 5 rings (SSSR count). The van der Waals surface area contributed by atoms with Gasteiger partial charge in [0, 0.05) is 25.2 Å². The number of fused-ring (bicyclic) bond motifs is 1. The summed E-state index contributed by atoms with van der Waals surface area (Å²) < 4.78 is 43.7. The number of aromatic nitrogens is 4. The van der Waals surface area contributed by atoms with E-state index < -0.39 is 24.1 Å². The Morgan fingerprint density at radius 3 is 2.60 bits per heavy atom. The number of anilines is 1. The number of halogens is 3. The lowest BCUT2D eigenvalue weighted by Crippen LogP contribution is -2.40. The number of rotatable bonds is 6. The molecule has 0 saturated carbocycles. The predicted octanol–water partition coefficient (Wildman–Crippen LogP) is 4.22. The zero-order valence-corrected chi connectivity index (χ0v) is 20.9. The number of likely N-dealkylation sites (tertiary alicyclic amines) is 1. The van der Waals surface area contributed by atoms with Crippen LogP contribution in [0.25, 0.3) is 22.3 Å². The number of carbonyl (C=O) groups excluding carboxylic acids is 1. The van der Waals surface area contributed by atoms with Crippen LogP contribution in [0.2, 0.25) is 0 Å². The van der Waals surface area contributed by atoms with Crippen molar-refractivity contribution < 1.29 is 32.6 Å². The smallest absolute Gasteiger partial charge is 0.465 e. The maximum atomic E-state index is 12.7. The fourth-order valence-electron chi connectivity index (χ4n) is 4.71. The van der Waals surface area contributed by atoms with Crippen molar-refractivity contribution in [2.45, 2.75) is 31.8 Å². The number of piperidine rings is 1. The molecule has 0 unspecified atom stereocenters. The quantitative estimate of drug-likeness (QED) is 0.320. The number of hydrogen-bond acceptors (Lipinski definition) is 7. The lowest BCUT2D eigenvalue weighted by Gasteiger charge is -2.30. The van der Waals surface area contributed by atoms with Crippen molar-refractivity contribution in [1.29, 1.82) is 0 Å². The van der Waals surface area contributed by atoms with E-state index in [1.807, 2.05) is 0 Å². The summed E-state index contributed by atoms with van der Waals surface area (Å²) in [4.78, 5) is 33.9. The van der Waals surface area contributed by atoms with Gasteiger partial charge in [-0.15, -0.1) is 13.2 Å². The van der Waals surface area contributed by atoms with E-state index in [-0.39, 0.29) is 30.5 Å². The van der Waals surface area contributed by atoms with Crippen LogP contribution in [0.4, 0.5) is 23.8 Å². The molecule has 1 atom stereocenters. The third kappa shape index (κ3) is 5.60. The molecule has 208 valence electrons. The Bertz CT molecular complexity index is 1560. The van der Waals surface area contributed by atoms with Crippen LogP contribution in [-0.4, -0.2) is 61.2 Å². The van der Waals surface area contributed by atoms with E-state index in [0.717, 1.165) is 12.5 Å². The van der Waals surface area contributed by atoms with Gasteiger partial charge in [-0.3, -0.25) is 4.79 Å². The summed E-state index contributed by atoms with van der Waals surface area (Å²) in [5.74, 6) is -1.08. The average Bonchev–Trinajstić information content (AvgIpc) is 3.32. The Kier molecular flexibility index (Phi) is 7.15. The summed E-state index contributed by atoms with van der Waals surface area (Å²) in [6, 6.07) is 11.9. The molecule has 0 bridgehead atoms. The van der Waals surface area contributed by atoms with Gasteiger partial charge in [0.05, 0.1) is 17.0 Å². The van der Waals surface area contributed by atoms with Crippen molar-refractivity contribution in [3.05, 3.63) is 66.0 Å². The molecule has 1 aliphatic heterocycles. The van der Waals surface area contributed by atoms with Gasteiger partial charge in [-0.2, -0.15) is 5.10 Å². The number of amides is 2. The number of ether oxygens (including phenoxy) is 1. The SMILES string of the molecule is Nc1ncnc2c1c(-c1ccc(CNC(=O)c3ccccc3OC(F)(F)F)cc1)nn2[C@@H]1CCCN(C(=O)O)C1. The zero-order chi connectivity index (χ0) is 28.4. The summed E-state index contributed by atoms with van der Waals surface area (Å²) in [6.45, 7) is 0.770. The van der Waals surface area contributed by atoms with Gasteiger partial charge < -0.3 is 25.8 Å². The topological polar surface area (TPSA) is 148 Å². The molecular formula is C26H24F3N7O4. The second kappa shape index (κ2) is 10.7. The minimum Gasteiger partial charge on any atom is -0.465 e.